The highest BCUT2D eigenvalue weighted by Gasteiger charge is 2.30. The lowest BCUT2D eigenvalue weighted by molar-refractivity contribution is 0.578. The van der Waals surface area contributed by atoms with E-state index in [4.69, 9.17) is 9.41 Å². The summed E-state index contributed by atoms with van der Waals surface area (Å²) < 4.78 is 22.5. The van der Waals surface area contributed by atoms with Crippen molar-refractivity contribution in [3.63, 3.8) is 0 Å². The summed E-state index contributed by atoms with van der Waals surface area (Å²) in [5.74, 6) is 1.04. The summed E-state index contributed by atoms with van der Waals surface area (Å²) in [5, 5.41) is 0. The Kier molecular flexibility index (Phi) is 3.78. The van der Waals surface area contributed by atoms with Gasteiger partial charge in [-0.05, 0) is 67.6 Å². The van der Waals surface area contributed by atoms with Crippen LogP contribution in [0.2, 0.25) is 0 Å². The van der Waals surface area contributed by atoms with Crippen molar-refractivity contribution in [2.45, 2.75) is 31.7 Å². The molecule has 148 valence electrons. The Balaban J connectivity index is 1.63. The van der Waals surface area contributed by atoms with Crippen LogP contribution in [0, 0.1) is 5.82 Å². The average molecular weight is 397 g/mol. The first-order chi connectivity index (χ1) is 14.7. The second kappa shape index (κ2) is 6.52. The van der Waals surface area contributed by atoms with E-state index in [0.717, 1.165) is 22.6 Å². The normalized spacial score (nSPS) is 17.8. The first kappa shape index (κ1) is 17.4. The third kappa shape index (κ3) is 2.65. The number of benzene rings is 2. The molecule has 1 saturated carbocycles. The minimum Gasteiger partial charge on any atom is -0.463 e. The zero-order chi connectivity index (χ0) is 20.2. The number of rotatable bonds is 3. The van der Waals surface area contributed by atoms with E-state index in [2.05, 4.69) is 27.8 Å². The lowest BCUT2D eigenvalue weighted by atomic mass is 9.96. The van der Waals surface area contributed by atoms with Crippen LogP contribution in [0.15, 0.2) is 76.6 Å². The van der Waals surface area contributed by atoms with E-state index in [1.54, 1.807) is 18.4 Å². The fraction of sp³-hybridized carbons (Fsp3) is 0.200. The number of aromatic nitrogens is 2. The van der Waals surface area contributed by atoms with Crippen LogP contribution in [0.3, 0.4) is 0 Å². The predicted octanol–water partition coefficient (Wildman–Crippen LogP) is 6.06. The number of hydrogen-bond donors (Lipinski definition) is 0. The highest BCUT2D eigenvalue weighted by atomic mass is 19.1. The van der Waals surface area contributed by atoms with Crippen molar-refractivity contribution in [1.29, 1.82) is 0 Å². The Morgan fingerprint density at radius 1 is 1.03 bits per heavy atom. The highest BCUT2D eigenvalue weighted by Crippen LogP contribution is 2.43. The zero-order valence-corrected chi connectivity index (χ0v) is 16.5. The summed E-state index contributed by atoms with van der Waals surface area (Å²) in [5.41, 5.74) is 6.12. The largest absolute Gasteiger partial charge is 0.463 e. The van der Waals surface area contributed by atoms with E-state index in [0.29, 0.717) is 23.0 Å². The standard InChI is InChI=1S/C25H20FN3O/c1-15-25-24(22-7-4-12-30-22)27-14-29(25)21-11-10-17(16-8-9-16)13-19(21)23(28-15)18-5-2-3-6-20(18)26/h2-7,10-16H,8-9H2,1H3/t15-/m0/s1. The number of halogens is 1. The summed E-state index contributed by atoms with van der Waals surface area (Å²) >= 11 is 0. The van der Waals surface area contributed by atoms with Gasteiger partial charge in [-0.1, -0.05) is 18.2 Å². The van der Waals surface area contributed by atoms with Crippen LogP contribution in [0.25, 0.3) is 17.1 Å². The van der Waals surface area contributed by atoms with Gasteiger partial charge in [-0.15, -0.1) is 0 Å². The van der Waals surface area contributed by atoms with E-state index >= 15 is 0 Å². The first-order valence-electron chi connectivity index (χ1n) is 10.3. The smallest absolute Gasteiger partial charge is 0.154 e. The molecule has 2 aromatic carbocycles. The topological polar surface area (TPSA) is 43.3 Å². The molecule has 0 saturated heterocycles. The molecule has 6 rings (SSSR count). The summed E-state index contributed by atoms with van der Waals surface area (Å²) in [6, 6.07) is 16.9. The maximum absolute atomic E-state index is 14.8. The van der Waals surface area contributed by atoms with Crippen LogP contribution in [0.1, 0.15) is 54.1 Å². The summed E-state index contributed by atoms with van der Waals surface area (Å²) in [4.78, 5) is 9.67. The molecule has 3 heterocycles. The fourth-order valence-corrected chi connectivity index (χ4v) is 4.37. The van der Waals surface area contributed by atoms with Crippen LogP contribution < -0.4 is 0 Å². The van der Waals surface area contributed by atoms with Crippen LogP contribution in [-0.2, 0) is 0 Å². The minimum absolute atomic E-state index is 0.223. The average Bonchev–Trinajstić information content (AvgIpc) is 3.31. The third-order valence-corrected chi connectivity index (χ3v) is 5.99. The van der Waals surface area contributed by atoms with Gasteiger partial charge in [0.1, 0.15) is 17.8 Å². The SMILES string of the molecule is C[C@@H]1N=C(c2ccccc2F)c2cc(C3CC3)ccc2-n2cnc(-c3ccco3)c21. The van der Waals surface area contributed by atoms with Crippen LogP contribution in [-0.4, -0.2) is 15.3 Å². The van der Waals surface area contributed by atoms with Gasteiger partial charge in [-0.2, -0.15) is 0 Å². The highest BCUT2D eigenvalue weighted by molar-refractivity contribution is 6.15. The number of hydrogen-bond acceptors (Lipinski definition) is 3. The molecule has 1 aliphatic carbocycles. The Morgan fingerprint density at radius 2 is 1.90 bits per heavy atom. The maximum Gasteiger partial charge on any atom is 0.154 e. The molecule has 4 aromatic rings. The molecule has 0 amide bonds. The van der Waals surface area contributed by atoms with Gasteiger partial charge in [-0.3, -0.25) is 9.56 Å². The van der Waals surface area contributed by atoms with Gasteiger partial charge in [0.05, 0.1) is 29.4 Å². The van der Waals surface area contributed by atoms with Crippen molar-refractivity contribution >= 4 is 5.71 Å². The molecule has 1 aliphatic heterocycles. The molecule has 0 spiro atoms. The number of imidazole rings is 1. The minimum atomic E-state index is -0.262. The molecule has 0 bridgehead atoms. The van der Waals surface area contributed by atoms with E-state index in [1.165, 1.54) is 24.5 Å². The van der Waals surface area contributed by atoms with Gasteiger partial charge in [0.2, 0.25) is 0 Å². The van der Waals surface area contributed by atoms with E-state index < -0.39 is 0 Å². The lowest BCUT2D eigenvalue weighted by Crippen LogP contribution is -2.09. The molecule has 2 aliphatic rings. The molecular formula is C25H20FN3O. The number of aliphatic imine (C=N–C) groups is 1. The number of fused-ring (bicyclic) bond motifs is 3. The molecule has 2 aromatic heterocycles. The van der Waals surface area contributed by atoms with Crippen LogP contribution >= 0.6 is 0 Å². The van der Waals surface area contributed by atoms with Crippen molar-refractivity contribution in [3.05, 3.63) is 95.4 Å². The van der Waals surface area contributed by atoms with Gasteiger partial charge in [0.15, 0.2) is 5.76 Å². The van der Waals surface area contributed by atoms with Gasteiger partial charge in [0, 0.05) is 11.1 Å². The molecule has 1 atom stereocenters. The Hall–Kier alpha value is -3.47. The van der Waals surface area contributed by atoms with Gasteiger partial charge in [-0.25, -0.2) is 9.37 Å². The van der Waals surface area contributed by atoms with Crippen molar-refractivity contribution in [2.24, 2.45) is 4.99 Å². The molecule has 0 N–H and O–H groups in total. The Morgan fingerprint density at radius 3 is 2.67 bits per heavy atom. The fourth-order valence-electron chi connectivity index (χ4n) is 4.37. The summed E-state index contributed by atoms with van der Waals surface area (Å²) in [6.07, 6.45) is 5.88. The molecule has 1 fully saturated rings. The van der Waals surface area contributed by atoms with Crippen molar-refractivity contribution in [2.75, 3.05) is 0 Å². The van der Waals surface area contributed by atoms with Crippen molar-refractivity contribution in [3.8, 4) is 17.1 Å². The molecule has 5 heteroatoms. The molecule has 0 unspecified atom stereocenters. The van der Waals surface area contributed by atoms with Crippen molar-refractivity contribution < 1.29 is 8.81 Å². The number of furan rings is 1. The molecule has 4 nitrogen and oxygen atoms in total. The van der Waals surface area contributed by atoms with E-state index in [9.17, 15) is 4.39 Å². The van der Waals surface area contributed by atoms with Crippen LogP contribution in [0.5, 0.6) is 0 Å². The Labute approximate surface area is 173 Å². The summed E-state index contributed by atoms with van der Waals surface area (Å²) in [7, 11) is 0. The summed E-state index contributed by atoms with van der Waals surface area (Å²) in [6.45, 7) is 2.02. The first-order valence-corrected chi connectivity index (χ1v) is 10.3. The molecule has 0 radical (unpaired) electrons. The number of nitrogens with zero attached hydrogens (tertiary/aromatic N) is 3. The Bertz CT molecular complexity index is 1280. The monoisotopic (exact) mass is 397 g/mol. The van der Waals surface area contributed by atoms with Gasteiger partial charge in [0.25, 0.3) is 0 Å². The van der Waals surface area contributed by atoms with Crippen molar-refractivity contribution in [1.82, 2.24) is 9.55 Å². The molecule has 30 heavy (non-hydrogen) atoms. The van der Waals surface area contributed by atoms with Gasteiger partial charge >= 0.3 is 0 Å². The zero-order valence-electron chi connectivity index (χ0n) is 16.5. The van der Waals surface area contributed by atoms with E-state index in [1.807, 2.05) is 31.5 Å². The third-order valence-electron chi connectivity index (χ3n) is 5.99. The quantitative estimate of drug-likeness (QED) is 0.422. The maximum atomic E-state index is 14.8. The van der Waals surface area contributed by atoms with Gasteiger partial charge < -0.3 is 4.42 Å². The predicted molar refractivity (Wildman–Crippen MR) is 114 cm³/mol. The van der Waals surface area contributed by atoms with E-state index in [-0.39, 0.29) is 11.9 Å². The lowest BCUT2D eigenvalue weighted by Gasteiger charge is -2.14. The van der Waals surface area contributed by atoms with Crippen LogP contribution in [0.4, 0.5) is 4.39 Å². The second-order valence-corrected chi connectivity index (χ2v) is 8.01. The molecular weight excluding hydrogens is 377 g/mol. The second-order valence-electron chi connectivity index (χ2n) is 8.01.